The minimum atomic E-state index is -0.976. The average Bonchev–Trinajstić information content (AvgIpc) is 2.41. The van der Waals surface area contributed by atoms with Gasteiger partial charge in [-0.15, -0.1) is 0 Å². The van der Waals surface area contributed by atoms with Crippen molar-refractivity contribution < 1.29 is 19.4 Å². The van der Waals surface area contributed by atoms with E-state index < -0.39 is 5.97 Å². The summed E-state index contributed by atoms with van der Waals surface area (Å²) in [7, 11) is 0. The molecule has 1 aliphatic rings. The van der Waals surface area contributed by atoms with Crippen LogP contribution in [0.2, 0.25) is 0 Å². The van der Waals surface area contributed by atoms with Crippen LogP contribution in [0.25, 0.3) is 0 Å². The van der Waals surface area contributed by atoms with Crippen molar-refractivity contribution in [2.45, 2.75) is 6.92 Å². The van der Waals surface area contributed by atoms with Gasteiger partial charge in [0.2, 0.25) is 0 Å². The first-order valence-electron chi connectivity index (χ1n) is 6.54. The largest absolute Gasteiger partial charge is 0.491 e. The third-order valence-electron chi connectivity index (χ3n) is 3.23. The topological polar surface area (TPSA) is 59.0 Å². The smallest absolute Gasteiger partial charge is 0.339 e. The molecule has 20 heavy (non-hydrogen) atoms. The summed E-state index contributed by atoms with van der Waals surface area (Å²) in [6.07, 6.45) is 0. The number of aromatic carboxylic acids is 1. The average molecular weight is 344 g/mol. The number of rotatable bonds is 5. The zero-order valence-electron chi connectivity index (χ0n) is 11.4. The molecule has 0 amide bonds. The number of ether oxygens (including phenoxy) is 2. The van der Waals surface area contributed by atoms with E-state index in [0.717, 1.165) is 42.9 Å². The molecule has 0 radical (unpaired) electrons. The van der Waals surface area contributed by atoms with Gasteiger partial charge in [0.1, 0.15) is 17.9 Å². The van der Waals surface area contributed by atoms with Crippen molar-refractivity contribution in [1.82, 2.24) is 4.90 Å². The van der Waals surface area contributed by atoms with Gasteiger partial charge in [-0.3, -0.25) is 4.90 Å². The van der Waals surface area contributed by atoms with Gasteiger partial charge in [-0.25, -0.2) is 4.79 Å². The van der Waals surface area contributed by atoms with E-state index in [0.29, 0.717) is 12.4 Å². The molecule has 0 saturated carbocycles. The highest BCUT2D eigenvalue weighted by molar-refractivity contribution is 9.10. The first-order chi connectivity index (χ1) is 9.58. The lowest BCUT2D eigenvalue weighted by molar-refractivity contribution is 0.0321. The number of carboxylic acid groups (broad SMARTS) is 1. The van der Waals surface area contributed by atoms with Crippen molar-refractivity contribution in [3.8, 4) is 5.75 Å². The van der Waals surface area contributed by atoms with Crippen molar-refractivity contribution in [3.05, 3.63) is 27.7 Å². The second-order valence-electron chi connectivity index (χ2n) is 4.71. The number of aryl methyl sites for hydroxylation is 1. The summed E-state index contributed by atoms with van der Waals surface area (Å²) in [5.74, 6) is -0.523. The van der Waals surface area contributed by atoms with Crippen LogP contribution in [0.15, 0.2) is 16.6 Å². The number of nitrogens with zero attached hydrogens (tertiary/aromatic N) is 1. The summed E-state index contributed by atoms with van der Waals surface area (Å²) < 4.78 is 11.7. The first-order valence-corrected chi connectivity index (χ1v) is 7.33. The Hall–Kier alpha value is -1.11. The summed E-state index contributed by atoms with van der Waals surface area (Å²) in [6, 6.07) is 3.43. The summed E-state index contributed by atoms with van der Waals surface area (Å²) in [4.78, 5) is 13.5. The zero-order chi connectivity index (χ0) is 14.5. The maximum Gasteiger partial charge on any atom is 0.339 e. The molecule has 1 heterocycles. The highest BCUT2D eigenvalue weighted by Crippen LogP contribution is 2.28. The van der Waals surface area contributed by atoms with Gasteiger partial charge in [-0.05, 0) is 24.6 Å². The van der Waals surface area contributed by atoms with E-state index in [1.807, 2.05) is 13.0 Å². The third kappa shape index (κ3) is 3.94. The van der Waals surface area contributed by atoms with Crippen LogP contribution in [-0.2, 0) is 4.74 Å². The number of hydrogen-bond donors (Lipinski definition) is 1. The van der Waals surface area contributed by atoms with Gasteiger partial charge >= 0.3 is 5.97 Å². The molecule has 1 fully saturated rings. The molecule has 1 N–H and O–H groups in total. The fraction of sp³-hybridized carbons (Fsp3) is 0.500. The van der Waals surface area contributed by atoms with Crippen LogP contribution in [0.3, 0.4) is 0 Å². The number of halogens is 1. The van der Waals surface area contributed by atoms with Crippen molar-refractivity contribution in [2.75, 3.05) is 39.5 Å². The highest BCUT2D eigenvalue weighted by Gasteiger charge is 2.16. The number of benzene rings is 1. The molecule has 5 nitrogen and oxygen atoms in total. The molecule has 0 spiro atoms. The Kier molecular flexibility index (Phi) is 5.39. The molecular formula is C14H18BrNO4. The molecule has 110 valence electrons. The summed E-state index contributed by atoms with van der Waals surface area (Å²) in [5.41, 5.74) is 1.01. The van der Waals surface area contributed by atoms with Crippen molar-refractivity contribution >= 4 is 21.9 Å². The molecule has 2 rings (SSSR count). The second-order valence-corrected chi connectivity index (χ2v) is 5.62. The SMILES string of the molecule is Cc1cc(Br)cc(C(=O)O)c1OCCN1CCOCC1. The number of carbonyl (C=O) groups is 1. The Bertz CT molecular complexity index is 486. The van der Waals surface area contributed by atoms with Crippen molar-refractivity contribution in [3.63, 3.8) is 0 Å². The minimum Gasteiger partial charge on any atom is -0.491 e. The lowest BCUT2D eigenvalue weighted by atomic mass is 10.1. The van der Waals surface area contributed by atoms with E-state index in [1.165, 1.54) is 0 Å². The fourth-order valence-corrected chi connectivity index (χ4v) is 2.75. The second kappa shape index (κ2) is 7.06. The first kappa shape index (κ1) is 15.3. The van der Waals surface area contributed by atoms with Gasteiger partial charge in [0.25, 0.3) is 0 Å². The molecule has 1 aliphatic heterocycles. The van der Waals surface area contributed by atoms with Crippen LogP contribution in [0.5, 0.6) is 5.75 Å². The Balaban J connectivity index is 1.99. The van der Waals surface area contributed by atoms with E-state index in [9.17, 15) is 9.90 Å². The van der Waals surface area contributed by atoms with Gasteiger partial charge in [-0.1, -0.05) is 15.9 Å². The molecule has 0 aliphatic carbocycles. The minimum absolute atomic E-state index is 0.193. The zero-order valence-corrected chi connectivity index (χ0v) is 13.0. The Morgan fingerprint density at radius 2 is 2.15 bits per heavy atom. The standard InChI is InChI=1S/C14H18BrNO4/c1-10-8-11(15)9-12(14(17)18)13(10)20-7-4-16-2-5-19-6-3-16/h8-9H,2-7H2,1H3,(H,17,18). The van der Waals surface area contributed by atoms with Gasteiger partial charge < -0.3 is 14.6 Å². The molecule has 0 aromatic heterocycles. The predicted octanol–water partition coefficient (Wildman–Crippen LogP) is 2.17. The molecule has 0 bridgehead atoms. The van der Waals surface area contributed by atoms with Crippen molar-refractivity contribution in [1.29, 1.82) is 0 Å². The molecule has 0 atom stereocenters. The lowest BCUT2D eigenvalue weighted by Gasteiger charge is -2.26. The summed E-state index contributed by atoms with van der Waals surface area (Å²) >= 11 is 3.31. The third-order valence-corrected chi connectivity index (χ3v) is 3.69. The van der Waals surface area contributed by atoms with Crippen LogP contribution in [-0.4, -0.2) is 55.4 Å². The molecule has 6 heteroatoms. The van der Waals surface area contributed by atoms with Crippen LogP contribution in [0.1, 0.15) is 15.9 Å². The number of morpholine rings is 1. The van der Waals surface area contributed by atoms with E-state index in [2.05, 4.69) is 20.8 Å². The molecule has 1 saturated heterocycles. The van der Waals surface area contributed by atoms with E-state index in [1.54, 1.807) is 6.07 Å². The van der Waals surface area contributed by atoms with Crippen LogP contribution < -0.4 is 4.74 Å². The number of hydrogen-bond acceptors (Lipinski definition) is 4. The quantitative estimate of drug-likeness (QED) is 0.887. The molecule has 1 aromatic rings. The van der Waals surface area contributed by atoms with E-state index in [-0.39, 0.29) is 5.56 Å². The fourth-order valence-electron chi connectivity index (χ4n) is 2.18. The molecular weight excluding hydrogens is 326 g/mol. The van der Waals surface area contributed by atoms with E-state index in [4.69, 9.17) is 9.47 Å². The van der Waals surface area contributed by atoms with E-state index >= 15 is 0 Å². The van der Waals surface area contributed by atoms with Crippen LogP contribution >= 0.6 is 15.9 Å². The molecule has 1 aromatic carbocycles. The lowest BCUT2D eigenvalue weighted by Crippen LogP contribution is -2.38. The normalized spacial score (nSPS) is 16.1. The molecule has 0 unspecified atom stereocenters. The number of carboxylic acids is 1. The Morgan fingerprint density at radius 1 is 1.45 bits per heavy atom. The summed E-state index contributed by atoms with van der Waals surface area (Å²) in [5, 5.41) is 9.23. The highest BCUT2D eigenvalue weighted by atomic mass is 79.9. The van der Waals surface area contributed by atoms with Gasteiger partial charge in [0.05, 0.1) is 13.2 Å². The maximum atomic E-state index is 11.3. The van der Waals surface area contributed by atoms with Crippen LogP contribution in [0, 0.1) is 6.92 Å². The Labute approximate surface area is 126 Å². The van der Waals surface area contributed by atoms with Crippen molar-refractivity contribution in [2.24, 2.45) is 0 Å². The maximum absolute atomic E-state index is 11.3. The Morgan fingerprint density at radius 3 is 2.80 bits per heavy atom. The van der Waals surface area contributed by atoms with Gasteiger partial charge in [0, 0.05) is 24.1 Å². The predicted molar refractivity (Wildman–Crippen MR) is 78.6 cm³/mol. The van der Waals surface area contributed by atoms with Gasteiger partial charge in [-0.2, -0.15) is 0 Å². The van der Waals surface area contributed by atoms with Gasteiger partial charge in [0.15, 0.2) is 0 Å². The van der Waals surface area contributed by atoms with Crippen LogP contribution in [0.4, 0.5) is 0 Å². The summed E-state index contributed by atoms with van der Waals surface area (Å²) in [6.45, 7) is 6.39. The monoisotopic (exact) mass is 343 g/mol.